The van der Waals surface area contributed by atoms with E-state index in [0.29, 0.717) is 6.42 Å². The third kappa shape index (κ3) is 9.72. The van der Waals surface area contributed by atoms with Gasteiger partial charge in [0.2, 0.25) is 0 Å². The quantitative estimate of drug-likeness (QED) is 0.485. The molecule has 0 fully saturated rings. The van der Waals surface area contributed by atoms with Crippen molar-refractivity contribution in [3.8, 4) is 0 Å². The second-order valence-electron chi connectivity index (χ2n) is 3.00. The highest BCUT2D eigenvalue weighted by Gasteiger charge is 2.13. The summed E-state index contributed by atoms with van der Waals surface area (Å²) in [7, 11) is 0. The lowest BCUT2D eigenvalue weighted by molar-refractivity contribution is -0.320. The van der Waals surface area contributed by atoms with Gasteiger partial charge < -0.3 is 0 Å². The van der Waals surface area contributed by atoms with Crippen LogP contribution in [0.5, 0.6) is 0 Å². The summed E-state index contributed by atoms with van der Waals surface area (Å²) < 4.78 is 0. The lowest BCUT2D eigenvalue weighted by Gasteiger charge is -2.15. The molecule has 11 heavy (non-hydrogen) atoms. The minimum atomic E-state index is -0.412. The predicted molar refractivity (Wildman–Crippen MR) is 44.5 cm³/mol. The van der Waals surface area contributed by atoms with E-state index in [-0.39, 0.29) is 18.4 Å². The molecule has 0 spiro atoms. The highest BCUT2D eigenvalue weighted by molar-refractivity contribution is 5.85. The van der Waals surface area contributed by atoms with Crippen molar-refractivity contribution in [2.75, 3.05) is 0 Å². The molecule has 68 valence electrons. The Labute approximate surface area is 73.4 Å². The summed E-state index contributed by atoms with van der Waals surface area (Å²) in [6.07, 6.45) is 0.343. The summed E-state index contributed by atoms with van der Waals surface area (Å²) in [6, 6.07) is 0. The fraction of sp³-hybridized carbons (Fsp3) is 0.857. The fourth-order valence-electron chi connectivity index (χ4n) is 0.230. The third-order valence-electron chi connectivity index (χ3n) is 0.673. The molecule has 0 heterocycles. The van der Waals surface area contributed by atoms with E-state index >= 15 is 0 Å². The third-order valence-corrected chi connectivity index (χ3v) is 0.673. The Bertz CT molecular complexity index is 117. The van der Waals surface area contributed by atoms with Gasteiger partial charge in [0.05, 0.1) is 0 Å². The first-order chi connectivity index (χ1) is 4.45. The Morgan fingerprint density at radius 1 is 1.36 bits per heavy atom. The average molecular weight is 183 g/mol. The zero-order valence-electron chi connectivity index (χ0n) is 7.34. The van der Waals surface area contributed by atoms with Gasteiger partial charge in [0.1, 0.15) is 5.60 Å². The van der Waals surface area contributed by atoms with Crippen LogP contribution in [0.25, 0.3) is 0 Å². The van der Waals surface area contributed by atoms with Gasteiger partial charge in [-0.15, -0.1) is 12.4 Å². The molecule has 0 atom stereocenters. The summed E-state index contributed by atoms with van der Waals surface area (Å²) >= 11 is 0. The molecule has 0 aliphatic rings. The van der Waals surface area contributed by atoms with Gasteiger partial charge >= 0.3 is 5.97 Å². The Morgan fingerprint density at radius 3 is 2.09 bits per heavy atom. The number of carbonyl (C=O) groups excluding carboxylic acids is 1. The summed E-state index contributed by atoms with van der Waals surface area (Å²) in [5.74, 6) is -0.338. The van der Waals surface area contributed by atoms with Crippen LogP contribution in [0.15, 0.2) is 0 Å². The minimum absolute atomic E-state index is 0. The molecule has 0 amide bonds. The number of hydrogen-bond donors (Lipinski definition) is 0. The van der Waals surface area contributed by atoms with Crippen LogP contribution in [-0.2, 0) is 14.6 Å². The van der Waals surface area contributed by atoms with E-state index in [0.717, 1.165) is 0 Å². The number of rotatable bonds is 2. The van der Waals surface area contributed by atoms with Gasteiger partial charge in [-0.1, -0.05) is 6.92 Å². The van der Waals surface area contributed by atoms with Crippen LogP contribution in [0.3, 0.4) is 0 Å². The monoisotopic (exact) mass is 182 g/mol. The fourth-order valence-corrected chi connectivity index (χ4v) is 0.230. The number of hydrogen-bond acceptors (Lipinski definition) is 3. The molecule has 0 aliphatic heterocycles. The summed E-state index contributed by atoms with van der Waals surface area (Å²) in [4.78, 5) is 19.7. The van der Waals surface area contributed by atoms with Crippen molar-refractivity contribution in [1.82, 2.24) is 0 Å². The average Bonchev–Trinajstić information content (AvgIpc) is 1.81. The molecule has 0 saturated carbocycles. The predicted octanol–water partition coefficient (Wildman–Crippen LogP) is 2.09. The molecule has 0 rings (SSSR count). The lowest BCUT2D eigenvalue weighted by Crippen LogP contribution is -2.21. The molecule has 0 aromatic heterocycles. The molecule has 0 bridgehead atoms. The molecule has 0 saturated heterocycles. The molecule has 0 aromatic rings. The topological polar surface area (TPSA) is 35.5 Å². The van der Waals surface area contributed by atoms with Crippen LogP contribution >= 0.6 is 12.4 Å². The summed E-state index contributed by atoms with van der Waals surface area (Å²) in [6.45, 7) is 7.16. The van der Waals surface area contributed by atoms with E-state index in [1.165, 1.54) is 0 Å². The van der Waals surface area contributed by atoms with E-state index in [1.54, 1.807) is 6.92 Å². The number of carbonyl (C=O) groups is 1. The zero-order valence-corrected chi connectivity index (χ0v) is 8.16. The minimum Gasteiger partial charge on any atom is -0.298 e. The van der Waals surface area contributed by atoms with Gasteiger partial charge in [0.15, 0.2) is 0 Å². The Balaban J connectivity index is 0. The van der Waals surface area contributed by atoms with Crippen LogP contribution in [0.4, 0.5) is 0 Å². The van der Waals surface area contributed by atoms with Crippen LogP contribution in [0.2, 0.25) is 0 Å². The van der Waals surface area contributed by atoms with E-state index < -0.39 is 5.60 Å². The van der Waals surface area contributed by atoms with Crippen LogP contribution in [0.1, 0.15) is 34.1 Å². The maximum absolute atomic E-state index is 10.5. The normalized spacial score (nSPS) is 10.2. The molecule has 4 heteroatoms. The van der Waals surface area contributed by atoms with E-state index in [2.05, 4.69) is 4.89 Å². The first-order valence-corrected chi connectivity index (χ1v) is 3.34. The molecular weight excluding hydrogens is 168 g/mol. The standard InChI is InChI=1S/C7H14O3.ClH/c1-5-6(8)9-10-7(2,3)4;/h5H2,1-4H3;1H. The number of halogens is 1. The SMILES string of the molecule is CCC(=O)OOC(C)(C)C.Cl. The van der Waals surface area contributed by atoms with Gasteiger partial charge in [-0.05, 0) is 20.8 Å². The first kappa shape index (κ1) is 13.3. The molecular formula is C7H15ClO3. The van der Waals surface area contributed by atoms with Crippen LogP contribution in [-0.4, -0.2) is 11.6 Å². The Morgan fingerprint density at radius 2 is 1.82 bits per heavy atom. The van der Waals surface area contributed by atoms with Crippen molar-refractivity contribution in [1.29, 1.82) is 0 Å². The van der Waals surface area contributed by atoms with Gasteiger partial charge in [-0.25, -0.2) is 4.79 Å². The van der Waals surface area contributed by atoms with Crippen molar-refractivity contribution in [2.24, 2.45) is 0 Å². The van der Waals surface area contributed by atoms with Gasteiger partial charge in [-0.2, -0.15) is 4.89 Å². The first-order valence-electron chi connectivity index (χ1n) is 3.34. The van der Waals surface area contributed by atoms with Crippen molar-refractivity contribution in [3.63, 3.8) is 0 Å². The van der Waals surface area contributed by atoms with Gasteiger partial charge in [-0.3, -0.25) is 4.89 Å². The van der Waals surface area contributed by atoms with Crippen LogP contribution in [0, 0.1) is 0 Å². The molecule has 0 N–H and O–H groups in total. The molecule has 0 radical (unpaired) electrons. The van der Waals surface area contributed by atoms with Crippen molar-refractivity contribution >= 4 is 18.4 Å². The Kier molecular flexibility index (Phi) is 6.52. The maximum Gasteiger partial charge on any atom is 0.342 e. The second kappa shape index (κ2) is 5.38. The molecule has 0 unspecified atom stereocenters. The molecule has 3 nitrogen and oxygen atoms in total. The largest absolute Gasteiger partial charge is 0.342 e. The summed E-state index contributed by atoms with van der Waals surface area (Å²) in [5.41, 5.74) is -0.412. The highest BCUT2D eigenvalue weighted by Crippen LogP contribution is 2.07. The van der Waals surface area contributed by atoms with Gasteiger partial charge in [0, 0.05) is 6.42 Å². The molecule has 0 aliphatic carbocycles. The van der Waals surface area contributed by atoms with Crippen molar-refractivity contribution in [2.45, 2.75) is 39.7 Å². The Hall–Kier alpha value is -0.280. The van der Waals surface area contributed by atoms with E-state index in [1.807, 2.05) is 20.8 Å². The van der Waals surface area contributed by atoms with Crippen molar-refractivity contribution < 1.29 is 14.6 Å². The second-order valence-corrected chi connectivity index (χ2v) is 3.00. The lowest BCUT2D eigenvalue weighted by atomic mass is 10.2. The summed E-state index contributed by atoms with van der Waals surface area (Å²) in [5, 5.41) is 0. The van der Waals surface area contributed by atoms with E-state index in [4.69, 9.17) is 4.89 Å². The smallest absolute Gasteiger partial charge is 0.298 e. The van der Waals surface area contributed by atoms with Crippen molar-refractivity contribution in [3.05, 3.63) is 0 Å². The van der Waals surface area contributed by atoms with Gasteiger partial charge in [0.25, 0.3) is 0 Å². The zero-order chi connectivity index (χ0) is 8.20. The van der Waals surface area contributed by atoms with Crippen LogP contribution < -0.4 is 0 Å². The maximum atomic E-state index is 10.5. The highest BCUT2D eigenvalue weighted by atomic mass is 35.5. The molecule has 0 aromatic carbocycles. The van der Waals surface area contributed by atoms with E-state index in [9.17, 15) is 4.79 Å².